The normalized spacial score (nSPS) is 12.5. The molecule has 0 aromatic heterocycles. The van der Waals surface area contributed by atoms with Gasteiger partial charge in [-0.2, -0.15) is 0 Å². The molecule has 1 nitrogen and oxygen atoms in total. The fraction of sp³-hybridized carbons (Fsp3) is 0.222. The van der Waals surface area contributed by atoms with Gasteiger partial charge in [-0.05, 0) is 18.6 Å². The van der Waals surface area contributed by atoms with E-state index in [0.717, 1.165) is 0 Å². The number of hydrogen-bond donors (Lipinski definition) is 0. The lowest BCUT2D eigenvalue weighted by atomic mass is 10.1. The van der Waals surface area contributed by atoms with Gasteiger partial charge >= 0.3 is 0 Å². The number of alkyl halides is 1. The Morgan fingerprint density at radius 3 is 2.77 bits per heavy atom. The van der Waals surface area contributed by atoms with E-state index in [9.17, 15) is 9.18 Å². The fourth-order valence-electron chi connectivity index (χ4n) is 0.970. The lowest BCUT2D eigenvalue weighted by Gasteiger charge is -2.05. The van der Waals surface area contributed by atoms with E-state index in [4.69, 9.17) is 23.2 Å². The minimum atomic E-state index is -0.727. The van der Waals surface area contributed by atoms with Crippen molar-refractivity contribution in [2.75, 3.05) is 0 Å². The summed E-state index contributed by atoms with van der Waals surface area (Å²) in [5, 5.41) is -0.429. The second-order valence-corrected chi connectivity index (χ2v) is 3.52. The minimum absolute atomic E-state index is 0.122. The molecule has 13 heavy (non-hydrogen) atoms. The Morgan fingerprint density at radius 2 is 2.23 bits per heavy atom. The van der Waals surface area contributed by atoms with E-state index in [2.05, 4.69) is 0 Å². The van der Waals surface area contributed by atoms with Crippen molar-refractivity contribution in [3.63, 3.8) is 0 Å². The molecule has 0 amide bonds. The molecule has 70 valence electrons. The molecule has 0 bridgehead atoms. The maximum Gasteiger partial charge on any atom is 0.138 e. The summed E-state index contributed by atoms with van der Waals surface area (Å²) in [5.41, 5.74) is 0.288. The minimum Gasteiger partial charge on any atom is -0.302 e. The largest absolute Gasteiger partial charge is 0.302 e. The van der Waals surface area contributed by atoms with Gasteiger partial charge in [0, 0.05) is 10.6 Å². The van der Waals surface area contributed by atoms with Gasteiger partial charge in [0.1, 0.15) is 12.1 Å². The Bertz CT molecular complexity index is 294. The molecule has 0 saturated carbocycles. The van der Waals surface area contributed by atoms with Gasteiger partial charge in [0.05, 0.1) is 5.38 Å². The molecule has 1 aromatic rings. The van der Waals surface area contributed by atoms with Gasteiger partial charge < -0.3 is 4.79 Å². The molecule has 1 rings (SSSR count). The third-order valence-electron chi connectivity index (χ3n) is 1.61. The van der Waals surface area contributed by atoms with Crippen LogP contribution in [0.1, 0.15) is 5.56 Å². The molecule has 0 fully saturated rings. The number of halogens is 3. The quantitative estimate of drug-likeness (QED) is 0.566. The number of rotatable bonds is 3. The third-order valence-corrected chi connectivity index (χ3v) is 2.22. The summed E-state index contributed by atoms with van der Waals surface area (Å²) in [5.74, 6) is -0.431. The highest BCUT2D eigenvalue weighted by molar-refractivity contribution is 6.32. The van der Waals surface area contributed by atoms with Crippen LogP contribution in [0.15, 0.2) is 18.2 Å². The number of carbonyl (C=O) groups excluding carboxylic acids is 1. The van der Waals surface area contributed by atoms with Crippen LogP contribution in [0.3, 0.4) is 0 Å². The van der Waals surface area contributed by atoms with Gasteiger partial charge in [-0.1, -0.05) is 17.7 Å². The van der Waals surface area contributed by atoms with Crippen molar-refractivity contribution in [3.05, 3.63) is 34.6 Å². The summed E-state index contributed by atoms with van der Waals surface area (Å²) in [4.78, 5) is 10.2. The molecule has 0 N–H and O–H groups in total. The SMILES string of the molecule is O=CC(Cl)Cc1c(F)cccc1Cl. The van der Waals surface area contributed by atoms with E-state index in [1.807, 2.05) is 0 Å². The average molecular weight is 221 g/mol. The molecule has 0 aliphatic rings. The van der Waals surface area contributed by atoms with Crippen LogP contribution in [0.5, 0.6) is 0 Å². The van der Waals surface area contributed by atoms with E-state index in [1.54, 1.807) is 6.07 Å². The first-order chi connectivity index (χ1) is 6.15. The molecule has 0 radical (unpaired) electrons. The maximum atomic E-state index is 13.1. The zero-order valence-corrected chi connectivity index (χ0v) is 8.15. The van der Waals surface area contributed by atoms with Crippen LogP contribution in [-0.2, 0) is 11.2 Å². The number of carbonyl (C=O) groups is 1. The summed E-state index contributed by atoms with van der Waals surface area (Å²) in [6.07, 6.45) is 0.681. The highest BCUT2D eigenvalue weighted by Gasteiger charge is 2.11. The lowest BCUT2D eigenvalue weighted by molar-refractivity contribution is -0.107. The van der Waals surface area contributed by atoms with E-state index in [0.29, 0.717) is 11.3 Å². The maximum absolute atomic E-state index is 13.1. The van der Waals surface area contributed by atoms with Crippen LogP contribution in [0, 0.1) is 5.82 Å². The molecule has 4 heteroatoms. The fourth-order valence-corrected chi connectivity index (χ4v) is 1.36. The third kappa shape index (κ3) is 2.68. The van der Waals surface area contributed by atoms with E-state index in [-0.39, 0.29) is 12.0 Å². The van der Waals surface area contributed by atoms with Crippen molar-refractivity contribution >= 4 is 29.5 Å². The molecule has 0 aliphatic heterocycles. The van der Waals surface area contributed by atoms with Crippen LogP contribution in [-0.4, -0.2) is 11.7 Å². The summed E-state index contributed by atoms with van der Waals surface area (Å²) in [6.45, 7) is 0. The Morgan fingerprint density at radius 1 is 1.54 bits per heavy atom. The summed E-state index contributed by atoms with van der Waals surface area (Å²) in [6, 6.07) is 4.36. The molecule has 0 saturated heterocycles. The average Bonchev–Trinajstić information content (AvgIpc) is 2.11. The number of aldehydes is 1. The second kappa shape index (κ2) is 4.58. The summed E-state index contributed by atoms with van der Waals surface area (Å²) in [7, 11) is 0. The first-order valence-corrected chi connectivity index (χ1v) is 4.49. The van der Waals surface area contributed by atoms with Crippen molar-refractivity contribution in [1.29, 1.82) is 0 Å². The summed E-state index contributed by atoms with van der Waals surface area (Å²) >= 11 is 11.3. The topological polar surface area (TPSA) is 17.1 Å². The van der Waals surface area contributed by atoms with Gasteiger partial charge in [0.2, 0.25) is 0 Å². The molecular formula is C9H7Cl2FO. The summed E-state index contributed by atoms with van der Waals surface area (Å²) < 4.78 is 13.1. The van der Waals surface area contributed by atoms with Gasteiger partial charge in [0.15, 0.2) is 0 Å². The van der Waals surface area contributed by atoms with E-state index < -0.39 is 11.2 Å². The standard InChI is InChI=1S/C9H7Cl2FO/c10-6(5-13)4-7-8(11)2-1-3-9(7)12/h1-3,5-6H,4H2. The van der Waals surface area contributed by atoms with Crippen molar-refractivity contribution in [1.82, 2.24) is 0 Å². The van der Waals surface area contributed by atoms with Crippen molar-refractivity contribution in [2.45, 2.75) is 11.8 Å². The Kier molecular flexibility index (Phi) is 3.70. The Hall–Kier alpha value is -0.600. The van der Waals surface area contributed by atoms with Crippen LogP contribution < -0.4 is 0 Å². The monoisotopic (exact) mass is 220 g/mol. The van der Waals surface area contributed by atoms with Gasteiger partial charge in [0.25, 0.3) is 0 Å². The molecule has 1 unspecified atom stereocenters. The lowest BCUT2D eigenvalue weighted by Crippen LogP contribution is -2.06. The zero-order chi connectivity index (χ0) is 9.84. The van der Waals surface area contributed by atoms with Crippen LogP contribution in [0.4, 0.5) is 4.39 Å². The molecule has 1 aromatic carbocycles. The molecule has 0 aliphatic carbocycles. The van der Waals surface area contributed by atoms with Crippen LogP contribution >= 0.6 is 23.2 Å². The van der Waals surface area contributed by atoms with Crippen molar-refractivity contribution in [3.8, 4) is 0 Å². The van der Waals surface area contributed by atoms with Gasteiger partial charge in [-0.25, -0.2) is 4.39 Å². The highest BCUT2D eigenvalue weighted by Crippen LogP contribution is 2.21. The molecular weight excluding hydrogens is 214 g/mol. The smallest absolute Gasteiger partial charge is 0.138 e. The van der Waals surface area contributed by atoms with Crippen LogP contribution in [0.2, 0.25) is 5.02 Å². The highest BCUT2D eigenvalue weighted by atomic mass is 35.5. The Balaban J connectivity index is 2.93. The predicted octanol–water partition coefficient (Wildman–Crippen LogP) is 2.83. The molecule has 1 atom stereocenters. The van der Waals surface area contributed by atoms with Crippen LogP contribution in [0.25, 0.3) is 0 Å². The first-order valence-electron chi connectivity index (χ1n) is 3.67. The number of hydrogen-bond acceptors (Lipinski definition) is 1. The molecule has 0 heterocycles. The van der Waals surface area contributed by atoms with Crippen molar-refractivity contribution in [2.24, 2.45) is 0 Å². The Labute approximate surface area is 85.5 Å². The molecule has 0 spiro atoms. The van der Waals surface area contributed by atoms with E-state index >= 15 is 0 Å². The second-order valence-electron chi connectivity index (χ2n) is 2.56. The zero-order valence-electron chi connectivity index (χ0n) is 6.64. The predicted molar refractivity (Wildman–Crippen MR) is 50.8 cm³/mol. The van der Waals surface area contributed by atoms with Gasteiger partial charge in [-0.3, -0.25) is 0 Å². The van der Waals surface area contributed by atoms with Crippen molar-refractivity contribution < 1.29 is 9.18 Å². The number of benzene rings is 1. The van der Waals surface area contributed by atoms with E-state index in [1.165, 1.54) is 12.1 Å². The first kappa shape index (κ1) is 10.5. The van der Waals surface area contributed by atoms with Gasteiger partial charge in [-0.15, -0.1) is 11.6 Å².